The molecule has 2 heterocycles. The van der Waals surface area contributed by atoms with E-state index in [1.165, 1.54) is 23.5 Å². The maximum Gasteiger partial charge on any atom is 0.573 e. The third-order valence-electron chi connectivity index (χ3n) is 2.22. The molecule has 0 saturated heterocycles. The van der Waals surface area contributed by atoms with Gasteiger partial charge in [-0.25, -0.2) is 0 Å². The molecule has 0 saturated carbocycles. The molecule has 0 N–H and O–H groups in total. The zero-order valence-corrected chi connectivity index (χ0v) is 12.2. The summed E-state index contributed by atoms with van der Waals surface area (Å²) in [6.07, 6.45) is -4.64. The number of hydrogen-bond acceptors (Lipinski definition) is 3. The Balaban J connectivity index is 0.000000272. The van der Waals surface area contributed by atoms with Crippen molar-refractivity contribution in [3.63, 3.8) is 0 Å². The van der Waals surface area contributed by atoms with Gasteiger partial charge in [-0.1, -0.05) is 6.07 Å². The molecule has 108 valence electrons. The van der Waals surface area contributed by atoms with Crippen LogP contribution in [0.3, 0.4) is 0 Å². The Hall–Kier alpha value is -1.79. The van der Waals surface area contributed by atoms with Crippen LogP contribution in [0.25, 0.3) is 10.4 Å². The fourth-order valence-corrected chi connectivity index (χ4v) is 2.46. The van der Waals surface area contributed by atoms with Gasteiger partial charge in [0.15, 0.2) is 0 Å². The molecule has 6 heteroatoms. The van der Waals surface area contributed by atoms with E-state index in [2.05, 4.69) is 15.5 Å². The molecule has 2 aromatic heterocycles. The fourth-order valence-electron chi connectivity index (χ4n) is 1.41. The van der Waals surface area contributed by atoms with Crippen LogP contribution in [0.1, 0.15) is 0 Å². The van der Waals surface area contributed by atoms with E-state index in [1.807, 2.05) is 23.6 Å². The van der Waals surface area contributed by atoms with Crippen LogP contribution >= 0.6 is 22.7 Å². The van der Waals surface area contributed by atoms with Gasteiger partial charge in [0, 0.05) is 15.6 Å². The molecule has 3 rings (SSSR count). The van der Waals surface area contributed by atoms with Gasteiger partial charge >= 0.3 is 6.36 Å². The van der Waals surface area contributed by atoms with Crippen LogP contribution in [0.2, 0.25) is 0 Å². The fraction of sp³-hybridized carbons (Fsp3) is 0.0667. The van der Waals surface area contributed by atoms with Crippen molar-refractivity contribution < 1.29 is 17.9 Å². The Morgan fingerprint density at radius 3 is 2.14 bits per heavy atom. The average Bonchev–Trinajstić information content (AvgIpc) is 3.14. The summed E-state index contributed by atoms with van der Waals surface area (Å²) in [6.45, 7) is 0. The lowest BCUT2D eigenvalue weighted by atomic mass is 10.2. The number of ether oxygens (including phenoxy) is 1. The van der Waals surface area contributed by atoms with Crippen molar-refractivity contribution in [2.24, 2.45) is 0 Å². The molecule has 0 atom stereocenters. The van der Waals surface area contributed by atoms with Gasteiger partial charge in [-0.05, 0) is 53.4 Å². The van der Waals surface area contributed by atoms with E-state index in [0.717, 1.165) is 10.4 Å². The first-order chi connectivity index (χ1) is 10.0. The zero-order chi connectivity index (χ0) is 15.1. The van der Waals surface area contributed by atoms with Crippen molar-refractivity contribution in [3.8, 4) is 16.2 Å². The number of hydrogen-bond donors (Lipinski definition) is 0. The van der Waals surface area contributed by atoms with Crippen molar-refractivity contribution in [3.05, 3.63) is 64.7 Å². The number of alkyl halides is 3. The summed E-state index contributed by atoms with van der Waals surface area (Å²) in [7, 11) is 0. The summed E-state index contributed by atoms with van der Waals surface area (Å²) < 4.78 is 39.4. The average molecular weight is 326 g/mol. The molecule has 1 aromatic carbocycles. The molecule has 1 nitrogen and oxygen atoms in total. The minimum Gasteiger partial charge on any atom is -0.406 e. The van der Waals surface area contributed by atoms with Crippen LogP contribution in [0.5, 0.6) is 5.75 Å². The molecule has 0 fully saturated rings. The third kappa shape index (κ3) is 5.61. The second kappa shape index (κ2) is 7.28. The second-order valence-corrected chi connectivity index (χ2v) is 5.34. The quantitative estimate of drug-likeness (QED) is 0.590. The van der Waals surface area contributed by atoms with Crippen molar-refractivity contribution in [2.45, 2.75) is 6.36 Å². The normalized spacial score (nSPS) is 10.6. The van der Waals surface area contributed by atoms with E-state index in [0.29, 0.717) is 0 Å². The Kier molecular flexibility index (Phi) is 5.41. The van der Waals surface area contributed by atoms with E-state index in [1.54, 1.807) is 29.5 Å². The molecule has 0 aliphatic heterocycles. The molecule has 0 bridgehead atoms. The number of benzene rings is 1. The van der Waals surface area contributed by atoms with E-state index in [4.69, 9.17) is 0 Å². The highest BCUT2D eigenvalue weighted by molar-refractivity contribution is 7.13. The first-order valence-electron chi connectivity index (χ1n) is 5.76. The summed E-state index contributed by atoms with van der Waals surface area (Å²) >= 11 is 2.99. The Morgan fingerprint density at radius 1 is 0.952 bits per heavy atom. The van der Waals surface area contributed by atoms with Crippen molar-refractivity contribution in [1.29, 1.82) is 0 Å². The zero-order valence-electron chi connectivity index (χ0n) is 10.6. The predicted octanol–water partition coefficient (Wildman–Crippen LogP) is 5.66. The summed E-state index contributed by atoms with van der Waals surface area (Å²) in [6, 6.07) is 13.2. The monoisotopic (exact) mass is 326 g/mol. The number of halogens is 3. The molecule has 0 aliphatic carbocycles. The molecular weight excluding hydrogens is 317 g/mol. The molecule has 0 spiro atoms. The third-order valence-corrected chi connectivity index (χ3v) is 3.63. The predicted molar refractivity (Wildman–Crippen MR) is 78.4 cm³/mol. The smallest absolute Gasteiger partial charge is 0.406 e. The Bertz CT molecular complexity index is 597. The molecule has 21 heavy (non-hydrogen) atoms. The van der Waals surface area contributed by atoms with Gasteiger partial charge in [-0.15, -0.1) is 35.8 Å². The minimum absolute atomic E-state index is 0.211. The summed E-state index contributed by atoms with van der Waals surface area (Å²) in [5.41, 5.74) is 0.848. The minimum atomic E-state index is -4.64. The van der Waals surface area contributed by atoms with Crippen molar-refractivity contribution >= 4 is 22.7 Å². The molecular formula is C15H9F3OS2. The van der Waals surface area contributed by atoms with Gasteiger partial charge in [-0.2, -0.15) is 0 Å². The van der Waals surface area contributed by atoms with Crippen LogP contribution in [0.15, 0.2) is 53.9 Å². The highest BCUT2D eigenvalue weighted by atomic mass is 32.1. The Morgan fingerprint density at radius 2 is 1.71 bits per heavy atom. The molecule has 2 radical (unpaired) electrons. The second-order valence-electron chi connectivity index (χ2n) is 3.72. The van der Waals surface area contributed by atoms with Crippen LogP contribution in [0.4, 0.5) is 13.2 Å². The first kappa shape index (κ1) is 15.6. The Labute approximate surface area is 128 Å². The number of rotatable bonds is 2. The largest absolute Gasteiger partial charge is 0.573 e. The van der Waals surface area contributed by atoms with Crippen LogP contribution < -0.4 is 4.74 Å². The first-order valence-corrected chi connectivity index (χ1v) is 7.46. The lowest BCUT2D eigenvalue weighted by Crippen LogP contribution is -2.16. The van der Waals surface area contributed by atoms with Crippen molar-refractivity contribution in [2.75, 3.05) is 0 Å². The van der Waals surface area contributed by atoms with Gasteiger partial charge in [-0.3, -0.25) is 0 Å². The molecule has 0 amide bonds. The van der Waals surface area contributed by atoms with Crippen LogP contribution in [-0.2, 0) is 0 Å². The summed E-state index contributed by atoms with van der Waals surface area (Å²) in [5, 5.41) is 7.80. The standard InChI is InChI=1S/C11H6F3OS.C4H3S/c12-11(13,14)15-9-5-3-8(4-6-9)10-2-1-7-16-10;1-2-4-5-3-1/h1-6H;1-3H. The maximum atomic E-state index is 11.9. The van der Waals surface area contributed by atoms with Crippen molar-refractivity contribution in [1.82, 2.24) is 0 Å². The molecule has 0 unspecified atom stereocenters. The SMILES string of the molecule is FC(F)(F)Oc1ccc(-c2cc[c]s2)cc1.[c]1cccs1. The molecule has 3 aromatic rings. The van der Waals surface area contributed by atoms with E-state index in [-0.39, 0.29) is 5.75 Å². The highest BCUT2D eigenvalue weighted by Crippen LogP contribution is 2.28. The van der Waals surface area contributed by atoms with Gasteiger partial charge in [0.25, 0.3) is 0 Å². The lowest BCUT2D eigenvalue weighted by molar-refractivity contribution is -0.274. The summed E-state index contributed by atoms with van der Waals surface area (Å²) in [5.74, 6) is -0.211. The van der Waals surface area contributed by atoms with Gasteiger partial charge in [0.2, 0.25) is 0 Å². The van der Waals surface area contributed by atoms with E-state index >= 15 is 0 Å². The number of thiophene rings is 2. The highest BCUT2D eigenvalue weighted by Gasteiger charge is 2.30. The van der Waals surface area contributed by atoms with Gasteiger partial charge in [0.1, 0.15) is 5.75 Å². The van der Waals surface area contributed by atoms with Gasteiger partial charge < -0.3 is 4.74 Å². The van der Waals surface area contributed by atoms with Gasteiger partial charge in [0.05, 0.1) is 0 Å². The lowest BCUT2D eigenvalue weighted by Gasteiger charge is -2.08. The van der Waals surface area contributed by atoms with Crippen LogP contribution in [0, 0.1) is 10.8 Å². The van der Waals surface area contributed by atoms with Crippen LogP contribution in [-0.4, -0.2) is 6.36 Å². The molecule has 0 aliphatic rings. The van der Waals surface area contributed by atoms with E-state index in [9.17, 15) is 13.2 Å². The maximum absolute atomic E-state index is 11.9. The topological polar surface area (TPSA) is 9.23 Å². The van der Waals surface area contributed by atoms with E-state index < -0.39 is 6.36 Å². The summed E-state index contributed by atoms with van der Waals surface area (Å²) in [4.78, 5) is 0.957.